The van der Waals surface area contributed by atoms with Gasteiger partial charge in [-0.2, -0.15) is 0 Å². The molecule has 3 aromatic rings. The average Bonchev–Trinajstić information content (AvgIpc) is 3.18. The number of aliphatic hydroxyl groups excluding tert-OH is 1. The van der Waals surface area contributed by atoms with Crippen molar-refractivity contribution in [3.8, 4) is 11.1 Å². The maximum absolute atomic E-state index is 13.2. The molecule has 0 spiro atoms. The number of hydrogen-bond donors (Lipinski definition) is 2. The van der Waals surface area contributed by atoms with E-state index in [4.69, 9.17) is 4.52 Å². The van der Waals surface area contributed by atoms with Crippen molar-refractivity contribution in [2.24, 2.45) is 0 Å². The molecule has 1 saturated carbocycles. The van der Waals surface area contributed by atoms with Gasteiger partial charge in [0.15, 0.2) is 0 Å². The monoisotopic (exact) mass is 387 g/mol. The molecule has 1 fully saturated rings. The third-order valence-corrected chi connectivity index (χ3v) is 6.61. The topological polar surface area (TPSA) is 105 Å². The number of nitrogens with one attached hydrogen (secondary N) is 1. The zero-order valence-electron chi connectivity index (χ0n) is 15.1. The summed E-state index contributed by atoms with van der Waals surface area (Å²) in [7, 11) is -3.84. The van der Waals surface area contributed by atoms with Crippen molar-refractivity contribution in [3.63, 3.8) is 0 Å². The Hall–Kier alpha value is -2.29. The third kappa shape index (κ3) is 3.24. The number of fused-ring (bicyclic) bond motifs is 1. The molecule has 2 N–H and O–H groups in total. The zero-order valence-corrected chi connectivity index (χ0v) is 16.0. The summed E-state index contributed by atoms with van der Waals surface area (Å²) in [4.78, 5) is 4.48. The van der Waals surface area contributed by atoms with Gasteiger partial charge in [-0.3, -0.25) is 4.98 Å². The minimum Gasteiger partial charge on any atom is -0.391 e. The molecule has 0 radical (unpaired) electrons. The summed E-state index contributed by atoms with van der Waals surface area (Å²) in [5.41, 5.74) is 2.71. The maximum atomic E-state index is 13.2. The maximum Gasteiger partial charge on any atom is 0.241 e. The summed E-state index contributed by atoms with van der Waals surface area (Å²) in [5.74, 6) is 0.616. The Balaban J connectivity index is 1.89. The van der Waals surface area contributed by atoms with E-state index in [2.05, 4.69) is 14.9 Å². The molecule has 0 amide bonds. The number of aromatic nitrogens is 2. The van der Waals surface area contributed by atoms with Gasteiger partial charge in [-0.15, -0.1) is 0 Å². The molecule has 2 atom stereocenters. The second kappa shape index (κ2) is 6.70. The van der Waals surface area contributed by atoms with Crippen molar-refractivity contribution < 1.29 is 18.0 Å². The SMILES string of the molecule is Cc1noc(C)c1-c1cc(S(=O)(=O)N[C@H]2CCC[C@H]2O)c2cccnc2c1. The van der Waals surface area contributed by atoms with Crippen LogP contribution in [0.25, 0.3) is 22.0 Å². The van der Waals surface area contributed by atoms with Crippen LogP contribution < -0.4 is 4.72 Å². The van der Waals surface area contributed by atoms with Gasteiger partial charge in [0.2, 0.25) is 10.0 Å². The van der Waals surface area contributed by atoms with Crippen molar-refractivity contribution >= 4 is 20.9 Å². The van der Waals surface area contributed by atoms with E-state index in [0.717, 1.165) is 12.0 Å². The van der Waals surface area contributed by atoms with Crippen LogP contribution >= 0.6 is 0 Å². The lowest BCUT2D eigenvalue weighted by atomic mass is 10.0. The van der Waals surface area contributed by atoms with Crippen LogP contribution in [0.15, 0.2) is 39.9 Å². The Morgan fingerprint density at radius 1 is 1.26 bits per heavy atom. The molecule has 0 unspecified atom stereocenters. The first-order valence-electron chi connectivity index (χ1n) is 8.89. The summed E-state index contributed by atoms with van der Waals surface area (Å²) in [6.45, 7) is 3.61. The van der Waals surface area contributed by atoms with Gasteiger partial charge in [0.1, 0.15) is 5.76 Å². The van der Waals surface area contributed by atoms with E-state index in [9.17, 15) is 13.5 Å². The molecular weight excluding hydrogens is 366 g/mol. The van der Waals surface area contributed by atoms with Gasteiger partial charge in [0, 0.05) is 23.2 Å². The van der Waals surface area contributed by atoms with Gasteiger partial charge in [-0.25, -0.2) is 13.1 Å². The molecule has 0 saturated heterocycles. The highest BCUT2D eigenvalue weighted by atomic mass is 32.2. The second-order valence-corrected chi connectivity index (χ2v) is 8.65. The predicted octanol–water partition coefficient (Wildman–Crippen LogP) is 2.70. The first-order chi connectivity index (χ1) is 12.9. The molecule has 0 aliphatic heterocycles. The van der Waals surface area contributed by atoms with Crippen molar-refractivity contribution in [1.29, 1.82) is 0 Å². The van der Waals surface area contributed by atoms with Crippen molar-refractivity contribution in [1.82, 2.24) is 14.9 Å². The van der Waals surface area contributed by atoms with Crippen LogP contribution in [-0.4, -0.2) is 35.8 Å². The molecule has 142 valence electrons. The van der Waals surface area contributed by atoms with Crippen molar-refractivity contribution in [2.45, 2.75) is 50.2 Å². The molecular formula is C19H21N3O4S. The number of rotatable bonds is 4. The van der Waals surface area contributed by atoms with Crippen LogP contribution in [0, 0.1) is 13.8 Å². The Morgan fingerprint density at radius 2 is 2.07 bits per heavy atom. The van der Waals surface area contributed by atoms with Gasteiger partial charge < -0.3 is 9.63 Å². The van der Waals surface area contributed by atoms with Crippen LogP contribution in [0.4, 0.5) is 0 Å². The molecule has 2 aromatic heterocycles. The standard InChI is InChI=1S/C19H21N3O4S/c1-11-19(12(2)26-21-11)13-9-16-14(5-4-8-20-16)18(10-13)27(24,25)22-15-6-3-7-17(15)23/h4-5,8-10,15,17,22-23H,3,6-7H2,1-2H3/t15-,17+/m0/s1. The fraction of sp³-hybridized carbons (Fsp3) is 0.368. The normalized spacial score (nSPS) is 20.4. The van der Waals surface area contributed by atoms with E-state index >= 15 is 0 Å². The van der Waals surface area contributed by atoms with Crippen LogP contribution in [0.5, 0.6) is 0 Å². The van der Waals surface area contributed by atoms with Crippen LogP contribution in [-0.2, 0) is 10.0 Å². The molecule has 1 aromatic carbocycles. The van der Waals surface area contributed by atoms with E-state index in [-0.39, 0.29) is 4.90 Å². The summed E-state index contributed by atoms with van der Waals surface area (Å²) >= 11 is 0. The number of aliphatic hydroxyl groups is 1. The van der Waals surface area contributed by atoms with E-state index in [1.807, 2.05) is 13.0 Å². The first-order valence-corrected chi connectivity index (χ1v) is 10.4. The Kier molecular flexibility index (Phi) is 4.49. The molecule has 1 aliphatic rings. The molecule has 1 aliphatic carbocycles. The number of sulfonamides is 1. The first kappa shape index (κ1) is 18.1. The number of benzene rings is 1. The Bertz CT molecular complexity index is 1090. The second-order valence-electron chi connectivity index (χ2n) is 6.97. The van der Waals surface area contributed by atoms with E-state index in [1.165, 1.54) is 0 Å². The Labute approximate surface area is 157 Å². The van der Waals surface area contributed by atoms with Gasteiger partial charge in [0.25, 0.3) is 0 Å². The molecule has 2 heterocycles. The smallest absolute Gasteiger partial charge is 0.241 e. The highest BCUT2D eigenvalue weighted by Crippen LogP contribution is 2.33. The van der Waals surface area contributed by atoms with Crippen molar-refractivity contribution in [2.75, 3.05) is 0 Å². The number of pyridine rings is 1. The lowest BCUT2D eigenvalue weighted by Gasteiger charge is -2.18. The minimum absolute atomic E-state index is 0.141. The van der Waals surface area contributed by atoms with Crippen LogP contribution in [0.1, 0.15) is 30.7 Å². The quantitative estimate of drug-likeness (QED) is 0.713. The summed E-state index contributed by atoms with van der Waals surface area (Å²) in [6, 6.07) is 6.44. The number of hydrogen-bond acceptors (Lipinski definition) is 6. The molecule has 4 rings (SSSR count). The lowest BCUT2D eigenvalue weighted by Crippen LogP contribution is -2.39. The highest BCUT2D eigenvalue weighted by molar-refractivity contribution is 7.89. The third-order valence-electron chi connectivity index (χ3n) is 5.08. The fourth-order valence-corrected chi connectivity index (χ4v) is 5.30. The van der Waals surface area contributed by atoms with Gasteiger partial charge in [-0.05, 0) is 62.9 Å². The van der Waals surface area contributed by atoms with Gasteiger partial charge in [0.05, 0.1) is 22.2 Å². The highest BCUT2D eigenvalue weighted by Gasteiger charge is 2.31. The number of nitrogens with zero attached hydrogens (tertiary/aromatic N) is 2. The molecule has 27 heavy (non-hydrogen) atoms. The predicted molar refractivity (Wildman–Crippen MR) is 101 cm³/mol. The van der Waals surface area contributed by atoms with Crippen molar-refractivity contribution in [3.05, 3.63) is 41.9 Å². The molecule has 7 nitrogen and oxygen atoms in total. The lowest BCUT2D eigenvalue weighted by molar-refractivity contribution is 0.159. The van der Waals surface area contributed by atoms with E-state index < -0.39 is 22.2 Å². The van der Waals surface area contributed by atoms with Crippen LogP contribution in [0.3, 0.4) is 0 Å². The fourth-order valence-electron chi connectivity index (χ4n) is 3.75. The van der Waals surface area contributed by atoms with Gasteiger partial charge >= 0.3 is 0 Å². The minimum atomic E-state index is -3.84. The number of aryl methyl sites for hydroxylation is 2. The van der Waals surface area contributed by atoms with Gasteiger partial charge in [-0.1, -0.05) is 5.16 Å². The summed E-state index contributed by atoms with van der Waals surface area (Å²) in [6.07, 6.45) is 3.00. The Morgan fingerprint density at radius 3 is 2.74 bits per heavy atom. The van der Waals surface area contributed by atoms with Crippen LogP contribution in [0.2, 0.25) is 0 Å². The average molecular weight is 387 g/mol. The van der Waals surface area contributed by atoms with E-state index in [1.54, 1.807) is 31.3 Å². The summed E-state index contributed by atoms with van der Waals surface area (Å²) < 4.78 is 34.2. The molecule has 8 heteroatoms. The van der Waals surface area contributed by atoms with E-state index in [0.29, 0.717) is 40.8 Å². The molecule has 0 bridgehead atoms. The largest absolute Gasteiger partial charge is 0.391 e. The summed E-state index contributed by atoms with van der Waals surface area (Å²) in [5, 5.41) is 14.5. The zero-order chi connectivity index (χ0) is 19.2.